The van der Waals surface area contributed by atoms with Crippen LogP contribution in [0.2, 0.25) is 5.02 Å². The summed E-state index contributed by atoms with van der Waals surface area (Å²) in [6.07, 6.45) is -2.76. The van der Waals surface area contributed by atoms with E-state index in [0.29, 0.717) is 17.7 Å². The lowest BCUT2D eigenvalue weighted by Gasteiger charge is -2.09. The fourth-order valence-electron chi connectivity index (χ4n) is 3.03. The van der Waals surface area contributed by atoms with E-state index < -0.39 is 22.7 Å². The fraction of sp³-hybridized carbons (Fsp3) is 0.444. The summed E-state index contributed by atoms with van der Waals surface area (Å²) in [5, 5.41) is 16.9. The summed E-state index contributed by atoms with van der Waals surface area (Å²) in [6, 6.07) is 4.16. The molecule has 0 spiro atoms. The molecule has 1 heterocycles. The number of nitrogens with one attached hydrogen (secondary N) is 1. The number of amides is 1. The number of hydrogen-bond acceptors (Lipinski definition) is 4. The zero-order valence-corrected chi connectivity index (χ0v) is 16.2. The van der Waals surface area contributed by atoms with Crippen LogP contribution in [0, 0.1) is 17.0 Å². The molecule has 1 N–H and O–H groups in total. The Hall–Kier alpha value is -2.62. The van der Waals surface area contributed by atoms with E-state index in [-0.39, 0.29) is 35.3 Å². The Bertz CT molecular complexity index is 955. The lowest BCUT2D eigenvalue weighted by molar-refractivity contribution is -0.385. The minimum atomic E-state index is -4.62. The van der Waals surface area contributed by atoms with Crippen LogP contribution in [-0.2, 0) is 12.7 Å². The van der Waals surface area contributed by atoms with Crippen molar-refractivity contribution in [3.05, 3.63) is 55.9 Å². The van der Waals surface area contributed by atoms with Crippen molar-refractivity contribution in [3.63, 3.8) is 0 Å². The van der Waals surface area contributed by atoms with Crippen LogP contribution in [0.3, 0.4) is 0 Å². The van der Waals surface area contributed by atoms with Crippen molar-refractivity contribution in [3.8, 4) is 0 Å². The number of carbonyl (C=O) groups is 1. The van der Waals surface area contributed by atoms with Gasteiger partial charge in [-0.25, -0.2) is 0 Å². The Morgan fingerprint density at radius 1 is 1.41 bits per heavy atom. The molecule has 7 nitrogen and oxygen atoms in total. The van der Waals surface area contributed by atoms with E-state index in [1.807, 2.05) is 0 Å². The summed E-state index contributed by atoms with van der Waals surface area (Å²) < 4.78 is 40.5. The van der Waals surface area contributed by atoms with E-state index in [9.17, 15) is 28.1 Å². The molecule has 1 aromatic carbocycles. The number of aryl methyl sites for hydroxylation is 2. The fourth-order valence-corrected chi connectivity index (χ4v) is 3.43. The molecule has 1 aliphatic carbocycles. The number of nitro groups is 1. The molecule has 1 aliphatic rings. The number of hydrogen-bond donors (Lipinski definition) is 1. The molecule has 1 aromatic heterocycles. The summed E-state index contributed by atoms with van der Waals surface area (Å²) in [5.74, 6) is -0.515. The number of nitro benzene ring substituents is 1. The van der Waals surface area contributed by atoms with Gasteiger partial charge in [0.15, 0.2) is 5.69 Å². The van der Waals surface area contributed by atoms with Gasteiger partial charge in [-0.2, -0.15) is 18.3 Å². The highest BCUT2D eigenvalue weighted by molar-refractivity contribution is 6.32. The summed E-state index contributed by atoms with van der Waals surface area (Å²) >= 11 is 5.92. The second-order valence-electron chi connectivity index (χ2n) is 6.91. The van der Waals surface area contributed by atoms with Gasteiger partial charge in [0.05, 0.1) is 15.6 Å². The SMILES string of the molecule is Cc1ccc(C(=O)NCCCn2nc(C(F)(F)F)c(Cl)c2C2CC2)cc1[N+](=O)[O-]. The highest BCUT2D eigenvalue weighted by atomic mass is 35.5. The summed E-state index contributed by atoms with van der Waals surface area (Å²) in [7, 11) is 0. The monoisotopic (exact) mass is 430 g/mol. The predicted molar refractivity (Wildman–Crippen MR) is 99.0 cm³/mol. The van der Waals surface area contributed by atoms with E-state index >= 15 is 0 Å². The highest BCUT2D eigenvalue weighted by Gasteiger charge is 2.41. The molecule has 3 rings (SSSR count). The van der Waals surface area contributed by atoms with Crippen molar-refractivity contribution >= 4 is 23.2 Å². The van der Waals surface area contributed by atoms with Gasteiger partial charge in [-0.05, 0) is 32.3 Å². The van der Waals surface area contributed by atoms with Gasteiger partial charge in [0.1, 0.15) is 0 Å². The predicted octanol–water partition coefficient (Wildman–Crippen LogP) is 4.47. The number of benzene rings is 1. The van der Waals surface area contributed by atoms with Crippen molar-refractivity contribution in [1.29, 1.82) is 0 Å². The number of carbonyl (C=O) groups excluding carboxylic acids is 1. The van der Waals surface area contributed by atoms with Crippen molar-refractivity contribution in [2.45, 2.75) is 44.8 Å². The van der Waals surface area contributed by atoms with Crippen molar-refractivity contribution in [1.82, 2.24) is 15.1 Å². The minimum Gasteiger partial charge on any atom is -0.352 e. The van der Waals surface area contributed by atoms with Gasteiger partial charge in [0.25, 0.3) is 11.6 Å². The van der Waals surface area contributed by atoms with Crippen LogP contribution in [0.25, 0.3) is 0 Å². The molecule has 0 saturated heterocycles. The summed E-state index contributed by atoms with van der Waals surface area (Å²) in [6.45, 7) is 1.90. The first-order chi connectivity index (χ1) is 13.6. The standard InChI is InChI=1S/C18H18ClF3N4O3/c1-10-3-4-12(9-13(10)26(28)29)17(27)23-7-2-8-25-15(11-5-6-11)14(19)16(24-25)18(20,21)22/h3-4,9,11H,2,5-8H2,1H3,(H,23,27). The van der Waals surface area contributed by atoms with E-state index in [2.05, 4.69) is 10.4 Å². The maximum atomic E-state index is 13.1. The topological polar surface area (TPSA) is 90.1 Å². The van der Waals surface area contributed by atoms with Gasteiger partial charge >= 0.3 is 6.18 Å². The van der Waals surface area contributed by atoms with Crippen LogP contribution in [0.15, 0.2) is 18.2 Å². The first-order valence-electron chi connectivity index (χ1n) is 8.96. The third-order valence-electron chi connectivity index (χ3n) is 4.66. The van der Waals surface area contributed by atoms with Gasteiger partial charge in [-0.1, -0.05) is 17.7 Å². The molecule has 1 amide bonds. The Kier molecular flexibility index (Phi) is 5.83. The molecular weight excluding hydrogens is 413 g/mol. The average molecular weight is 431 g/mol. The van der Waals surface area contributed by atoms with Crippen LogP contribution in [0.1, 0.15) is 52.5 Å². The first kappa shape index (κ1) is 21.1. The van der Waals surface area contributed by atoms with Gasteiger partial charge in [-0.15, -0.1) is 0 Å². The molecule has 1 fully saturated rings. The molecule has 2 aromatic rings. The van der Waals surface area contributed by atoms with Crippen LogP contribution in [0.5, 0.6) is 0 Å². The highest BCUT2D eigenvalue weighted by Crippen LogP contribution is 2.46. The quantitative estimate of drug-likeness (QED) is 0.398. The zero-order valence-electron chi connectivity index (χ0n) is 15.4. The van der Waals surface area contributed by atoms with Crippen LogP contribution in [-0.4, -0.2) is 27.2 Å². The smallest absolute Gasteiger partial charge is 0.352 e. The number of halogens is 4. The Balaban J connectivity index is 1.62. The van der Waals surface area contributed by atoms with Crippen molar-refractivity contribution in [2.75, 3.05) is 6.54 Å². The zero-order chi connectivity index (χ0) is 21.3. The maximum Gasteiger partial charge on any atom is 0.436 e. The summed E-state index contributed by atoms with van der Waals surface area (Å²) in [4.78, 5) is 22.6. The molecule has 156 valence electrons. The maximum absolute atomic E-state index is 13.1. The molecule has 0 radical (unpaired) electrons. The van der Waals surface area contributed by atoms with Crippen molar-refractivity contribution < 1.29 is 22.9 Å². The van der Waals surface area contributed by atoms with Gasteiger partial charge < -0.3 is 5.32 Å². The lowest BCUT2D eigenvalue weighted by atomic mass is 10.1. The third-order valence-corrected chi connectivity index (χ3v) is 5.04. The Labute approximate surface area is 169 Å². The van der Waals surface area contributed by atoms with E-state index in [0.717, 1.165) is 12.8 Å². The molecule has 0 atom stereocenters. The molecule has 0 unspecified atom stereocenters. The Morgan fingerprint density at radius 2 is 2.10 bits per heavy atom. The van der Waals surface area contributed by atoms with E-state index in [1.54, 1.807) is 6.92 Å². The lowest BCUT2D eigenvalue weighted by Crippen LogP contribution is -2.25. The third kappa shape index (κ3) is 4.69. The number of rotatable bonds is 7. The second-order valence-corrected chi connectivity index (χ2v) is 7.29. The van der Waals surface area contributed by atoms with Gasteiger partial charge in [0, 0.05) is 36.2 Å². The minimum absolute atomic E-state index is 0.0196. The van der Waals surface area contributed by atoms with Crippen LogP contribution in [0.4, 0.5) is 18.9 Å². The number of aromatic nitrogens is 2. The van der Waals surface area contributed by atoms with Crippen molar-refractivity contribution in [2.24, 2.45) is 0 Å². The van der Waals surface area contributed by atoms with E-state index in [1.165, 1.54) is 22.9 Å². The molecule has 1 saturated carbocycles. The number of alkyl halides is 3. The van der Waals surface area contributed by atoms with Crippen LogP contribution < -0.4 is 5.32 Å². The first-order valence-corrected chi connectivity index (χ1v) is 9.34. The second kappa shape index (κ2) is 8.02. The van der Waals surface area contributed by atoms with Crippen LogP contribution >= 0.6 is 11.6 Å². The molecule has 29 heavy (non-hydrogen) atoms. The Morgan fingerprint density at radius 3 is 2.69 bits per heavy atom. The normalized spacial score (nSPS) is 14.1. The molecular formula is C18H18ClF3N4O3. The van der Waals surface area contributed by atoms with E-state index in [4.69, 9.17) is 11.6 Å². The number of nitrogens with zero attached hydrogens (tertiary/aromatic N) is 3. The van der Waals surface area contributed by atoms with Gasteiger partial charge in [0.2, 0.25) is 0 Å². The summed E-state index contributed by atoms with van der Waals surface area (Å²) in [5.41, 5.74) is -0.272. The molecule has 0 bridgehead atoms. The average Bonchev–Trinajstić information content (AvgIpc) is 3.41. The van der Waals surface area contributed by atoms with Gasteiger partial charge in [-0.3, -0.25) is 19.6 Å². The molecule has 0 aliphatic heterocycles. The largest absolute Gasteiger partial charge is 0.436 e. The molecule has 11 heteroatoms.